The van der Waals surface area contributed by atoms with E-state index in [0.717, 1.165) is 64.8 Å². The number of fused-ring (bicyclic) bond motifs is 2. The van der Waals surface area contributed by atoms with Crippen LogP contribution in [0.25, 0.3) is 21.5 Å². The number of azo groups is 4. The lowest BCUT2D eigenvalue weighted by Gasteiger charge is -2.11. The van der Waals surface area contributed by atoms with Crippen LogP contribution < -0.4 is 28.3 Å². The highest BCUT2D eigenvalue weighted by atomic mass is 32.3. The van der Waals surface area contributed by atoms with Crippen molar-refractivity contribution in [3.8, 4) is 0 Å². The topological polar surface area (TPSA) is 814 Å². The molecule has 704 valence electrons. The monoisotopic (exact) mass is 2030 g/mol. The Morgan fingerprint density at radius 1 is 0.352 bits per heavy atom. The van der Waals surface area contributed by atoms with Gasteiger partial charge in [-0.15, -0.1) is 15.3 Å². The van der Waals surface area contributed by atoms with Crippen molar-refractivity contribution in [1.82, 2.24) is 0 Å². The minimum Gasteiger partial charge on any atom is -0.399 e. The third-order valence-electron chi connectivity index (χ3n) is 15.7. The number of amides is 3. The van der Waals surface area contributed by atoms with E-state index in [2.05, 4.69) is 77.7 Å². The number of nitrogens with two attached hydrogens (primary N) is 4. The zero-order valence-electron chi connectivity index (χ0n) is 66.8. The molecule has 0 saturated heterocycles. The van der Waals surface area contributed by atoms with Gasteiger partial charge in [-0.1, -0.05) is 24.3 Å². The second-order valence-electron chi connectivity index (χ2n) is 24.8. The number of rotatable bonds is 41. The molecule has 3 amide bonds. The predicted molar refractivity (Wildman–Crippen MR) is 452 cm³/mol. The number of urea groups is 1. The van der Waals surface area contributed by atoms with Crippen molar-refractivity contribution < 1.29 is 164 Å². The van der Waals surface area contributed by atoms with E-state index in [1.54, 1.807) is 0 Å². The summed E-state index contributed by atoms with van der Waals surface area (Å²) in [6.07, 6.45) is -0.182. The van der Waals surface area contributed by atoms with E-state index in [0.29, 0.717) is 16.9 Å². The molecule has 8 aromatic carbocycles. The molecule has 0 saturated carbocycles. The summed E-state index contributed by atoms with van der Waals surface area (Å²) >= 11 is 0. The first-order valence-corrected chi connectivity index (χ1v) is 53.0. The molecule has 0 unspecified atom stereocenters. The Morgan fingerprint density at radius 2 is 0.656 bits per heavy atom. The Bertz CT molecular complexity index is 6940. The van der Waals surface area contributed by atoms with Crippen molar-refractivity contribution in [2.24, 2.45) is 52.4 Å². The number of primary amides is 2. The zero-order valence-corrected chi connectivity index (χ0v) is 76.6. The summed E-state index contributed by atoms with van der Waals surface area (Å²) in [5.41, 5.74) is 23.1. The van der Waals surface area contributed by atoms with Gasteiger partial charge in [0.25, 0.3) is 80.9 Å². The summed E-state index contributed by atoms with van der Waals surface area (Å²) in [6.45, 7) is -2.06. The van der Waals surface area contributed by atoms with Gasteiger partial charge in [0.1, 0.15) is 48.0 Å². The predicted octanol–water partition coefficient (Wildman–Crippen LogP) is 4.88. The van der Waals surface area contributed by atoms with Crippen molar-refractivity contribution in [2.45, 2.75) is 45.6 Å². The van der Waals surface area contributed by atoms with Crippen LogP contribution in [0.4, 0.5) is 56.0 Å². The highest BCUT2D eigenvalue weighted by Crippen LogP contribution is 2.40. The van der Waals surface area contributed by atoms with Crippen LogP contribution in [0.3, 0.4) is 0 Å². The average molecular weight is 2040 g/mol. The molecule has 0 aliphatic carbocycles. The maximum atomic E-state index is 12.8. The molecule has 0 radical (unpaired) electrons. The highest BCUT2D eigenvalue weighted by molar-refractivity contribution is 7.93. The summed E-state index contributed by atoms with van der Waals surface area (Å²) in [5.74, 6) is -7.33. The molecule has 0 heterocycles. The first-order chi connectivity index (χ1) is 59.1. The summed E-state index contributed by atoms with van der Waals surface area (Å²) < 4.78 is 354. The Labute approximate surface area is 733 Å². The van der Waals surface area contributed by atoms with Gasteiger partial charge in [-0.2, -0.15) is 92.9 Å². The van der Waals surface area contributed by atoms with Crippen LogP contribution in [0.15, 0.2) is 214 Å². The maximum Gasteiger partial charge on any atom is 0.316 e. The number of nitrogens with one attached hydrogen (secondary N) is 1. The van der Waals surface area contributed by atoms with Crippen LogP contribution >= 0.6 is 0 Å². The van der Waals surface area contributed by atoms with Gasteiger partial charge in [-0.25, -0.2) is 38.5 Å². The molecule has 0 bridgehead atoms. The average Bonchev–Trinajstić information content (AvgIpc) is 0.764. The number of ether oxygens (including phenoxy) is 4. The molecule has 0 aliphatic heterocycles. The smallest absolute Gasteiger partial charge is 0.316 e. The van der Waals surface area contributed by atoms with Crippen molar-refractivity contribution in [2.75, 3.05) is 133 Å². The number of anilines is 3. The number of sulfone groups is 4. The quantitative estimate of drug-likeness (QED) is 0.00810. The second kappa shape index (κ2) is 45.5. The zero-order chi connectivity index (χ0) is 96.6. The van der Waals surface area contributed by atoms with E-state index >= 15 is 0 Å². The van der Waals surface area contributed by atoms with E-state index in [4.69, 9.17) is 45.3 Å². The third-order valence-corrected chi connectivity index (χ3v) is 29.6. The molecule has 0 fully saturated rings. The summed E-state index contributed by atoms with van der Waals surface area (Å²) in [4.78, 5) is 19.6. The second-order valence-corrected chi connectivity index (χ2v) is 45.5. The number of nitrogen functional groups attached to an aromatic ring is 2. The summed E-state index contributed by atoms with van der Waals surface area (Å²) in [6, 6.07) is 27.0. The van der Waals surface area contributed by atoms with Crippen molar-refractivity contribution in [1.29, 1.82) is 0 Å². The van der Waals surface area contributed by atoms with Crippen LogP contribution in [-0.2, 0) is 167 Å². The molecule has 8 aromatic rings. The molecule has 13 N–H and O–H groups in total. The van der Waals surface area contributed by atoms with Gasteiger partial charge in [0.05, 0.1) is 115 Å². The molecular weight excluding hydrogens is 1960 g/mol. The molecule has 0 aromatic heterocycles. The lowest BCUT2D eigenvalue weighted by molar-refractivity contribution is -0.117. The van der Waals surface area contributed by atoms with Crippen LogP contribution in [0.5, 0.6) is 0 Å². The number of carbonyl (C=O) groups is 2. The Kier molecular flexibility index (Phi) is 38.5. The van der Waals surface area contributed by atoms with E-state index in [9.17, 15) is 111 Å². The lowest BCUT2D eigenvalue weighted by Crippen LogP contribution is -2.19. The molecular formula is C65H79N13O38S12. The standard InChI is InChI=1S/C22H24N4O10S3.C21H23N5O10S3.2C11H16N2O9S3/c1-35-39(33,34)22-18-5-4-17(37(28,29)9-8-36-13-38(30,31)32)11-14(18)2-6-20(22)26-25-19-7-3-16(23)10-15(19)12-21(24)27;1-35-39(33,34)20-16-5-4-15(37(28,29)9-8-36-12-38(30,31)32)10-13(16)2-6-19(20)26-25-18-7-3-14(11-17(18)22)24-21(23)27;2*1-12-13-10-4-3-9(7-11(10)25(19,20)21-2)23(14,15)6-5-22-8-24(16,17)18/h2-7,10-11H,8-9,12-13,23H2,1H3,(H2,24,27)(H,30,31,32);2-7,10-11H,8-9,12,22H2,1H3,(H3,23,24,27)(H,30,31,32);2*3-4,7H,5-6,8H2,1-2H3,(H,16,17,18). The van der Waals surface area contributed by atoms with Crippen LogP contribution in [-0.4, -0.2) is 247 Å². The number of nitrogens with zero attached hydrogens (tertiary/aromatic N) is 8. The van der Waals surface area contributed by atoms with Gasteiger partial charge in [0, 0.05) is 36.2 Å². The number of carbonyl (C=O) groups excluding carboxylic acids is 2. The first kappa shape index (κ1) is 108. The fourth-order valence-corrected chi connectivity index (χ4v) is 19.7. The largest absolute Gasteiger partial charge is 0.399 e. The SMILES string of the molecule is CN=Nc1ccc(S(=O)(=O)CCOCS(=O)(=O)O)cc1S(=O)(=O)OC.CN=Nc1ccc(S(=O)(=O)CCOCS(=O)(=O)O)cc1S(=O)(=O)OC.COS(=O)(=O)c1c(N=Nc2ccc(N)cc2CC(N)=O)ccc2cc(S(=O)(=O)CCOCS(=O)(=O)O)ccc12.COS(=O)(=O)c1c(N=Nc2ccc(NC(N)=O)cc2N)ccc2cc(S(=O)(=O)CCOCS(=O)(=O)O)ccc12. The van der Waals surface area contributed by atoms with Gasteiger partial charge >= 0.3 is 6.03 Å². The van der Waals surface area contributed by atoms with Crippen LogP contribution in [0, 0.1) is 0 Å². The molecule has 0 atom stereocenters. The maximum absolute atomic E-state index is 12.8. The molecule has 0 aliphatic rings. The van der Waals surface area contributed by atoms with Gasteiger partial charge < -0.3 is 47.2 Å². The Hall–Kier alpha value is -10.1. The van der Waals surface area contributed by atoms with Crippen molar-refractivity contribution in [3.05, 3.63) is 139 Å². The fourth-order valence-electron chi connectivity index (χ4n) is 10.0. The first-order valence-electron chi connectivity index (χ1n) is 34.3. The van der Waals surface area contributed by atoms with Crippen LogP contribution in [0.1, 0.15) is 5.56 Å². The van der Waals surface area contributed by atoms with Gasteiger partial charge in [0.15, 0.2) is 63.1 Å². The van der Waals surface area contributed by atoms with Crippen molar-refractivity contribution in [3.63, 3.8) is 0 Å². The van der Waals surface area contributed by atoms with Crippen LogP contribution in [0.2, 0.25) is 0 Å². The summed E-state index contributed by atoms with van der Waals surface area (Å²) in [7, 11) is -44.4. The van der Waals surface area contributed by atoms with E-state index in [1.165, 1.54) is 111 Å². The van der Waals surface area contributed by atoms with E-state index in [-0.39, 0.29) is 97.2 Å². The molecule has 128 heavy (non-hydrogen) atoms. The normalized spacial score (nSPS) is 13.0. The number of hydrogen-bond acceptors (Lipinski definition) is 44. The van der Waals surface area contributed by atoms with E-state index in [1.807, 2.05) is 0 Å². The Morgan fingerprint density at radius 3 is 0.969 bits per heavy atom. The Balaban J connectivity index is 0.000000309. The molecule has 0 spiro atoms. The number of hydrogen-bond donors (Lipinski definition) is 9. The van der Waals surface area contributed by atoms with Gasteiger partial charge in [-0.05, 0) is 126 Å². The highest BCUT2D eigenvalue weighted by Gasteiger charge is 2.30. The van der Waals surface area contributed by atoms with E-state index < -0.39 is 215 Å². The molecule has 51 nitrogen and oxygen atoms in total. The van der Waals surface area contributed by atoms with Gasteiger partial charge in [-0.3, -0.25) is 39.7 Å². The minimum absolute atomic E-state index is 0.0869. The van der Waals surface area contributed by atoms with Crippen molar-refractivity contribution >= 4 is 205 Å². The fraction of sp³-hybridized carbons (Fsp3) is 0.292. The number of benzene rings is 8. The molecule has 63 heteroatoms. The minimum atomic E-state index is -4.42. The molecule has 8 rings (SSSR count). The van der Waals surface area contributed by atoms with Gasteiger partial charge in [0.2, 0.25) is 5.91 Å². The summed E-state index contributed by atoms with van der Waals surface area (Å²) in [5, 5.41) is 33.2. The lowest BCUT2D eigenvalue weighted by atomic mass is 10.1. The third kappa shape index (κ3) is 33.5.